The van der Waals surface area contributed by atoms with Gasteiger partial charge in [-0.25, -0.2) is 0 Å². The fourth-order valence-electron chi connectivity index (χ4n) is 5.91. The molecule has 42 heavy (non-hydrogen) atoms. The van der Waals surface area contributed by atoms with Crippen LogP contribution in [0.3, 0.4) is 0 Å². The number of hydrogen-bond acceptors (Lipinski definition) is 3. The van der Waals surface area contributed by atoms with Crippen molar-refractivity contribution in [3.05, 3.63) is 69.2 Å². The molecule has 0 atom stereocenters. The van der Waals surface area contributed by atoms with Gasteiger partial charge in [0.15, 0.2) is 0 Å². The van der Waals surface area contributed by atoms with Crippen molar-refractivity contribution in [2.75, 3.05) is 11.4 Å². The molecular weight excluding hydrogens is 549 g/mol. The molecule has 0 unspecified atom stereocenters. The summed E-state index contributed by atoms with van der Waals surface area (Å²) in [6.45, 7) is 16.0. The predicted molar refractivity (Wildman–Crippen MR) is 189 cm³/mol. The molecule has 0 amide bonds. The number of thiazole rings is 1. The Labute approximate surface area is 265 Å². The molecule has 0 saturated heterocycles. The first-order chi connectivity index (χ1) is 20.5. The van der Waals surface area contributed by atoms with Crippen molar-refractivity contribution >= 4 is 45.1 Å². The second-order valence-electron chi connectivity index (χ2n) is 12.4. The standard InChI is InChI=1S/C38H55N2S2/c1-7-11-13-15-17-30-19-21-33-35(25-30)41-37(39(33)23-9-3)27-32(29(5)6)28-38-40(24-10-4)34-22-20-31(26-36(34)42-38)18-16-14-12-8-2/h19-22,25-29H,7-18,23-24H2,1-6H3/q+1. The van der Waals surface area contributed by atoms with Gasteiger partial charge in [-0.05, 0) is 79.0 Å². The monoisotopic (exact) mass is 603 g/mol. The summed E-state index contributed by atoms with van der Waals surface area (Å²) in [5.74, 6) is 0.453. The molecule has 0 fully saturated rings. The highest BCUT2D eigenvalue weighted by Gasteiger charge is 2.26. The van der Waals surface area contributed by atoms with Gasteiger partial charge in [0.1, 0.15) is 11.2 Å². The van der Waals surface area contributed by atoms with Crippen LogP contribution in [0.4, 0.5) is 5.69 Å². The number of aromatic nitrogens is 1. The molecule has 2 nitrogen and oxygen atoms in total. The normalized spacial score (nSPS) is 14.6. The second kappa shape index (κ2) is 16.7. The first kappa shape index (κ1) is 32.9. The zero-order valence-corrected chi connectivity index (χ0v) is 28.9. The lowest BCUT2D eigenvalue weighted by Gasteiger charge is -2.20. The largest absolute Gasteiger partial charge is 0.335 e. The molecule has 228 valence electrons. The van der Waals surface area contributed by atoms with Crippen molar-refractivity contribution in [2.45, 2.75) is 130 Å². The van der Waals surface area contributed by atoms with E-state index in [1.165, 1.54) is 112 Å². The number of benzene rings is 2. The van der Waals surface area contributed by atoms with Gasteiger partial charge in [0.2, 0.25) is 5.52 Å². The maximum atomic E-state index is 2.56. The van der Waals surface area contributed by atoms with Gasteiger partial charge >= 0.3 is 0 Å². The SMILES string of the molecule is CCCCCCc1ccc2c(c1)SC(=CC(=Cc1sc3cc(CCCCCC)ccc3[n+]1CCC)C(C)C)N2CCC. The number of fused-ring (bicyclic) bond motifs is 2. The summed E-state index contributed by atoms with van der Waals surface area (Å²) in [6, 6.07) is 14.4. The van der Waals surface area contributed by atoms with E-state index in [4.69, 9.17) is 0 Å². The maximum Gasteiger partial charge on any atom is 0.263 e. The Morgan fingerprint density at radius 3 is 2.14 bits per heavy atom. The number of unbranched alkanes of at least 4 members (excludes halogenated alkanes) is 6. The van der Waals surface area contributed by atoms with E-state index in [9.17, 15) is 0 Å². The van der Waals surface area contributed by atoms with Crippen LogP contribution in [0.15, 0.2) is 58.0 Å². The van der Waals surface area contributed by atoms with Crippen LogP contribution < -0.4 is 9.47 Å². The van der Waals surface area contributed by atoms with Gasteiger partial charge in [-0.2, -0.15) is 4.57 Å². The molecule has 1 aromatic heterocycles. The third-order valence-electron chi connectivity index (χ3n) is 8.37. The van der Waals surface area contributed by atoms with E-state index in [0.29, 0.717) is 5.92 Å². The van der Waals surface area contributed by atoms with Crippen molar-refractivity contribution in [2.24, 2.45) is 5.92 Å². The summed E-state index contributed by atoms with van der Waals surface area (Å²) in [5, 5.41) is 2.76. The van der Waals surface area contributed by atoms with Crippen LogP contribution in [-0.4, -0.2) is 6.54 Å². The van der Waals surface area contributed by atoms with Crippen LogP contribution in [0.1, 0.15) is 122 Å². The van der Waals surface area contributed by atoms with Crippen molar-refractivity contribution < 1.29 is 4.57 Å². The van der Waals surface area contributed by atoms with Gasteiger partial charge in [-0.1, -0.05) is 115 Å². The minimum atomic E-state index is 0.453. The fourth-order valence-corrected chi connectivity index (χ4v) is 8.33. The summed E-state index contributed by atoms with van der Waals surface area (Å²) >= 11 is 3.95. The number of aryl methyl sites for hydroxylation is 3. The average Bonchev–Trinajstić information content (AvgIpc) is 3.49. The van der Waals surface area contributed by atoms with Crippen LogP contribution in [0.5, 0.6) is 0 Å². The molecule has 3 aromatic rings. The minimum absolute atomic E-state index is 0.453. The molecule has 4 rings (SSSR count). The molecule has 0 saturated carbocycles. The van der Waals surface area contributed by atoms with Crippen LogP contribution in [0, 0.1) is 5.92 Å². The third-order valence-corrected chi connectivity index (χ3v) is 10.6. The molecule has 0 aliphatic carbocycles. The molecule has 0 spiro atoms. The summed E-state index contributed by atoms with van der Waals surface area (Å²) in [6.07, 6.45) is 20.2. The van der Waals surface area contributed by atoms with Gasteiger partial charge < -0.3 is 4.90 Å². The van der Waals surface area contributed by atoms with Crippen molar-refractivity contribution in [1.29, 1.82) is 0 Å². The molecule has 4 heteroatoms. The molecule has 1 aliphatic rings. The number of rotatable bonds is 17. The van der Waals surface area contributed by atoms with Gasteiger partial charge in [0, 0.05) is 30.0 Å². The minimum Gasteiger partial charge on any atom is -0.335 e. The Morgan fingerprint density at radius 2 is 1.50 bits per heavy atom. The highest BCUT2D eigenvalue weighted by Crippen LogP contribution is 2.47. The topological polar surface area (TPSA) is 7.12 Å². The Kier molecular flexibility index (Phi) is 13.1. The summed E-state index contributed by atoms with van der Waals surface area (Å²) < 4.78 is 3.99. The lowest BCUT2D eigenvalue weighted by molar-refractivity contribution is -0.668. The number of hydrogen-bond donors (Lipinski definition) is 0. The maximum absolute atomic E-state index is 2.56. The highest BCUT2D eigenvalue weighted by molar-refractivity contribution is 8.03. The molecule has 1 aliphatic heterocycles. The van der Waals surface area contributed by atoms with E-state index < -0.39 is 0 Å². The van der Waals surface area contributed by atoms with Crippen LogP contribution in [-0.2, 0) is 19.4 Å². The van der Waals surface area contributed by atoms with E-state index in [-0.39, 0.29) is 0 Å². The molecular formula is C38H55N2S2+. The fraction of sp³-hybridized carbons (Fsp3) is 0.553. The van der Waals surface area contributed by atoms with Crippen molar-refractivity contribution in [3.63, 3.8) is 0 Å². The number of allylic oxidation sites excluding steroid dienone is 2. The molecule has 0 radical (unpaired) electrons. The van der Waals surface area contributed by atoms with Gasteiger partial charge in [0.25, 0.3) is 5.01 Å². The Balaban J connectivity index is 1.63. The zero-order chi connectivity index (χ0) is 29.9. The van der Waals surface area contributed by atoms with Crippen LogP contribution in [0.2, 0.25) is 0 Å². The Hall–Kier alpha value is -2.04. The van der Waals surface area contributed by atoms with Crippen LogP contribution >= 0.6 is 23.1 Å². The molecule has 0 bridgehead atoms. The smallest absolute Gasteiger partial charge is 0.263 e. The first-order valence-corrected chi connectivity index (χ1v) is 18.6. The van der Waals surface area contributed by atoms with Gasteiger partial charge in [-0.15, -0.1) is 0 Å². The van der Waals surface area contributed by atoms with Crippen LogP contribution in [0.25, 0.3) is 16.3 Å². The Morgan fingerprint density at radius 1 is 0.810 bits per heavy atom. The van der Waals surface area contributed by atoms with Gasteiger partial charge in [0.05, 0.1) is 10.7 Å². The number of nitrogens with zero attached hydrogens (tertiary/aromatic N) is 2. The van der Waals surface area contributed by atoms with E-state index in [2.05, 4.69) is 99.6 Å². The van der Waals surface area contributed by atoms with Crippen molar-refractivity contribution in [3.8, 4) is 0 Å². The number of thioether (sulfide) groups is 1. The van der Waals surface area contributed by atoms with E-state index in [1.54, 1.807) is 0 Å². The molecule has 0 N–H and O–H groups in total. The second-order valence-corrected chi connectivity index (χ2v) is 14.5. The lowest BCUT2D eigenvalue weighted by atomic mass is 10.0. The first-order valence-electron chi connectivity index (χ1n) is 17.0. The highest BCUT2D eigenvalue weighted by atomic mass is 32.2. The van der Waals surface area contributed by atoms with Gasteiger partial charge in [-0.3, -0.25) is 0 Å². The summed E-state index contributed by atoms with van der Waals surface area (Å²) in [5.41, 5.74) is 7.18. The Bertz CT molecular complexity index is 1350. The predicted octanol–water partition coefficient (Wildman–Crippen LogP) is 11.7. The average molecular weight is 604 g/mol. The van der Waals surface area contributed by atoms with E-state index in [1.807, 2.05) is 23.1 Å². The molecule has 2 heterocycles. The summed E-state index contributed by atoms with van der Waals surface area (Å²) in [7, 11) is 0. The number of anilines is 1. The van der Waals surface area contributed by atoms with E-state index >= 15 is 0 Å². The zero-order valence-electron chi connectivity index (χ0n) is 27.3. The molecule has 2 aromatic carbocycles. The summed E-state index contributed by atoms with van der Waals surface area (Å²) in [4.78, 5) is 3.99. The quantitative estimate of drug-likeness (QED) is 0.112. The van der Waals surface area contributed by atoms with E-state index in [0.717, 1.165) is 25.9 Å². The lowest BCUT2D eigenvalue weighted by Crippen LogP contribution is -2.34. The van der Waals surface area contributed by atoms with Crippen molar-refractivity contribution in [1.82, 2.24) is 0 Å². The third kappa shape index (κ3) is 8.53.